The molecule has 2 N–H and O–H groups in total. The van der Waals surface area contributed by atoms with E-state index in [4.69, 9.17) is 14.6 Å². The number of unbranched alkanes of at least 4 members (excludes halogenated alkanes) is 1. The van der Waals surface area contributed by atoms with E-state index in [1.807, 2.05) is 6.92 Å². The van der Waals surface area contributed by atoms with Gasteiger partial charge in [0.15, 0.2) is 11.5 Å². The van der Waals surface area contributed by atoms with Crippen LogP contribution in [0.2, 0.25) is 0 Å². The summed E-state index contributed by atoms with van der Waals surface area (Å²) in [7, 11) is -3.92. The van der Waals surface area contributed by atoms with Crippen molar-refractivity contribution < 1.29 is 27.8 Å². The summed E-state index contributed by atoms with van der Waals surface area (Å²) in [5, 5.41) is 9.09. The predicted octanol–water partition coefficient (Wildman–Crippen LogP) is 1.34. The molecule has 1 heterocycles. The number of benzene rings is 1. The first-order chi connectivity index (χ1) is 9.94. The minimum atomic E-state index is -3.92. The monoisotopic (exact) mass is 315 g/mol. The van der Waals surface area contributed by atoms with Crippen LogP contribution in [0.25, 0.3) is 0 Å². The van der Waals surface area contributed by atoms with E-state index in [9.17, 15) is 13.2 Å². The zero-order chi connectivity index (χ0) is 15.5. The van der Waals surface area contributed by atoms with E-state index in [0.717, 1.165) is 6.42 Å². The van der Waals surface area contributed by atoms with E-state index in [1.54, 1.807) is 0 Å². The number of nitrogens with one attached hydrogen (secondary N) is 1. The zero-order valence-electron chi connectivity index (χ0n) is 11.5. The average molecular weight is 315 g/mol. The van der Waals surface area contributed by atoms with E-state index < -0.39 is 22.0 Å². The van der Waals surface area contributed by atoms with Crippen LogP contribution in [0, 0.1) is 0 Å². The molecule has 21 heavy (non-hydrogen) atoms. The van der Waals surface area contributed by atoms with Crippen LogP contribution < -0.4 is 14.2 Å². The van der Waals surface area contributed by atoms with Crippen LogP contribution in [0.3, 0.4) is 0 Å². The van der Waals surface area contributed by atoms with Crippen molar-refractivity contribution in [2.24, 2.45) is 0 Å². The number of carboxylic acids is 1. The summed E-state index contributed by atoms with van der Waals surface area (Å²) in [6.07, 6.45) is 1.66. The van der Waals surface area contributed by atoms with Crippen LogP contribution >= 0.6 is 0 Å². The summed E-state index contributed by atoms with van der Waals surface area (Å²) in [4.78, 5) is 11.1. The first-order valence-electron chi connectivity index (χ1n) is 6.59. The van der Waals surface area contributed by atoms with Gasteiger partial charge in [0, 0.05) is 6.07 Å². The van der Waals surface area contributed by atoms with Gasteiger partial charge in [-0.25, -0.2) is 8.42 Å². The highest BCUT2D eigenvalue weighted by Crippen LogP contribution is 2.33. The Kier molecular flexibility index (Phi) is 4.69. The van der Waals surface area contributed by atoms with Gasteiger partial charge in [-0.05, 0) is 18.6 Å². The van der Waals surface area contributed by atoms with Crippen LogP contribution in [0.4, 0.5) is 0 Å². The Hall–Kier alpha value is -1.80. The van der Waals surface area contributed by atoms with E-state index in [-0.39, 0.29) is 18.1 Å². The van der Waals surface area contributed by atoms with Crippen molar-refractivity contribution >= 4 is 16.0 Å². The van der Waals surface area contributed by atoms with Gasteiger partial charge in [-0.3, -0.25) is 4.79 Å². The molecule has 0 aliphatic carbocycles. The SMILES string of the molecule is CCCC[C@H](NS(=O)(=O)c1ccc2c(c1)OCO2)C(=O)O. The molecule has 0 unspecified atom stereocenters. The lowest BCUT2D eigenvalue weighted by Gasteiger charge is -2.14. The first kappa shape index (κ1) is 15.6. The molecule has 0 saturated carbocycles. The Bertz CT molecular complexity index is 628. The minimum Gasteiger partial charge on any atom is -0.480 e. The molecule has 1 aromatic rings. The number of ether oxygens (including phenoxy) is 2. The van der Waals surface area contributed by atoms with Crippen molar-refractivity contribution in [3.05, 3.63) is 18.2 Å². The third-order valence-electron chi connectivity index (χ3n) is 3.10. The Labute approximate surface area is 122 Å². The van der Waals surface area contributed by atoms with Crippen LogP contribution in [0.1, 0.15) is 26.2 Å². The Morgan fingerprint density at radius 1 is 1.38 bits per heavy atom. The summed E-state index contributed by atoms with van der Waals surface area (Å²) in [5.41, 5.74) is 0. The Morgan fingerprint density at radius 2 is 2.10 bits per heavy atom. The van der Waals surface area contributed by atoms with Crippen LogP contribution in [0.5, 0.6) is 11.5 Å². The molecule has 0 amide bonds. The second-order valence-corrected chi connectivity index (χ2v) is 6.38. The summed E-state index contributed by atoms with van der Waals surface area (Å²) in [6, 6.07) is 3.02. The number of carbonyl (C=O) groups is 1. The third kappa shape index (κ3) is 3.64. The number of hydrogen-bond donors (Lipinski definition) is 2. The summed E-state index contributed by atoms with van der Waals surface area (Å²) in [5.74, 6) is -0.388. The van der Waals surface area contributed by atoms with Crippen LogP contribution in [-0.4, -0.2) is 32.3 Å². The lowest BCUT2D eigenvalue weighted by Crippen LogP contribution is -2.40. The fraction of sp³-hybridized carbons (Fsp3) is 0.462. The van der Waals surface area contributed by atoms with E-state index in [2.05, 4.69) is 4.72 Å². The summed E-state index contributed by atoms with van der Waals surface area (Å²) in [6.45, 7) is 1.95. The number of rotatable bonds is 7. The fourth-order valence-corrected chi connectivity index (χ4v) is 3.18. The van der Waals surface area contributed by atoms with Gasteiger partial charge >= 0.3 is 5.97 Å². The largest absolute Gasteiger partial charge is 0.480 e. The van der Waals surface area contributed by atoms with E-state index >= 15 is 0 Å². The third-order valence-corrected chi connectivity index (χ3v) is 4.57. The maximum atomic E-state index is 12.2. The maximum Gasteiger partial charge on any atom is 0.321 e. The number of carboxylic acid groups (broad SMARTS) is 1. The number of sulfonamides is 1. The predicted molar refractivity (Wildman–Crippen MR) is 73.8 cm³/mol. The van der Waals surface area contributed by atoms with Crippen molar-refractivity contribution in [1.82, 2.24) is 4.72 Å². The van der Waals surface area contributed by atoms with Gasteiger partial charge in [0.05, 0.1) is 4.90 Å². The minimum absolute atomic E-state index is 0.0422. The molecular formula is C13H17NO6S. The molecule has 0 radical (unpaired) electrons. The molecule has 0 aromatic heterocycles. The summed E-state index contributed by atoms with van der Waals surface area (Å²) < 4.78 is 36.9. The second kappa shape index (κ2) is 6.31. The van der Waals surface area contributed by atoms with Crippen molar-refractivity contribution in [3.63, 3.8) is 0 Å². The molecule has 1 atom stereocenters. The van der Waals surface area contributed by atoms with E-state index in [1.165, 1.54) is 18.2 Å². The smallest absolute Gasteiger partial charge is 0.321 e. The molecule has 116 valence electrons. The van der Waals surface area contributed by atoms with Crippen LogP contribution in [-0.2, 0) is 14.8 Å². The number of hydrogen-bond acceptors (Lipinski definition) is 5. The van der Waals surface area contributed by atoms with E-state index in [0.29, 0.717) is 17.9 Å². The van der Waals surface area contributed by atoms with Crippen molar-refractivity contribution in [2.45, 2.75) is 37.1 Å². The first-order valence-corrected chi connectivity index (χ1v) is 8.07. The topological polar surface area (TPSA) is 102 Å². The van der Waals surface area contributed by atoms with Gasteiger partial charge in [0.2, 0.25) is 16.8 Å². The molecule has 2 rings (SSSR count). The summed E-state index contributed by atoms with van der Waals surface area (Å²) >= 11 is 0. The maximum absolute atomic E-state index is 12.2. The molecule has 0 spiro atoms. The lowest BCUT2D eigenvalue weighted by atomic mass is 10.1. The van der Waals surface area contributed by atoms with Crippen molar-refractivity contribution in [2.75, 3.05) is 6.79 Å². The van der Waals surface area contributed by atoms with Gasteiger partial charge < -0.3 is 14.6 Å². The number of fused-ring (bicyclic) bond motifs is 1. The van der Waals surface area contributed by atoms with Crippen LogP contribution in [0.15, 0.2) is 23.1 Å². The Morgan fingerprint density at radius 3 is 2.76 bits per heavy atom. The quantitative estimate of drug-likeness (QED) is 0.787. The fourth-order valence-electron chi connectivity index (χ4n) is 1.94. The highest BCUT2D eigenvalue weighted by atomic mass is 32.2. The molecule has 0 bridgehead atoms. The Balaban J connectivity index is 2.18. The van der Waals surface area contributed by atoms with Gasteiger partial charge in [0.1, 0.15) is 6.04 Å². The molecule has 1 aliphatic heterocycles. The lowest BCUT2D eigenvalue weighted by molar-refractivity contribution is -0.139. The second-order valence-electron chi connectivity index (χ2n) is 4.67. The highest BCUT2D eigenvalue weighted by molar-refractivity contribution is 7.89. The van der Waals surface area contributed by atoms with Gasteiger partial charge in [-0.2, -0.15) is 4.72 Å². The van der Waals surface area contributed by atoms with Crippen molar-refractivity contribution in [3.8, 4) is 11.5 Å². The standard InChI is InChI=1S/C13H17NO6S/c1-2-3-4-10(13(15)16)14-21(17,18)9-5-6-11-12(7-9)20-8-19-11/h5-7,10,14H,2-4,8H2,1H3,(H,15,16)/t10-/m0/s1. The molecule has 1 aromatic carbocycles. The molecule has 8 heteroatoms. The highest BCUT2D eigenvalue weighted by Gasteiger charge is 2.26. The van der Waals surface area contributed by atoms with Crippen molar-refractivity contribution in [1.29, 1.82) is 0 Å². The molecular weight excluding hydrogens is 298 g/mol. The van der Waals surface area contributed by atoms with Gasteiger partial charge in [0.25, 0.3) is 0 Å². The normalized spacial score (nSPS) is 14.9. The molecule has 1 aliphatic rings. The van der Waals surface area contributed by atoms with Gasteiger partial charge in [-0.15, -0.1) is 0 Å². The van der Waals surface area contributed by atoms with Gasteiger partial charge in [-0.1, -0.05) is 19.8 Å². The molecule has 0 saturated heterocycles. The zero-order valence-corrected chi connectivity index (χ0v) is 12.4. The number of aliphatic carboxylic acids is 1. The molecule has 0 fully saturated rings. The average Bonchev–Trinajstić information content (AvgIpc) is 2.90. The molecule has 7 nitrogen and oxygen atoms in total.